The third-order valence-electron chi connectivity index (χ3n) is 2.05. The van der Waals surface area contributed by atoms with Gasteiger partial charge in [-0.1, -0.05) is 17.5 Å². The lowest BCUT2D eigenvalue weighted by Crippen LogP contribution is -2.27. The van der Waals surface area contributed by atoms with Gasteiger partial charge in [0.1, 0.15) is 18.8 Å². The molecule has 0 aliphatic heterocycles. The number of anilines is 1. The fourth-order valence-corrected chi connectivity index (χ4v) is 1.46. The topological polar surface area (TPSA) is 56.1 Å². The van der Waals surface area contributed by atoms with E-state index in [-0.39, 0.29) is 30.4 Å². The summed E-state index contributed by atoms with van der Waals surface area (Å²) >= 11 is 5.78. The Bertz CT molecular complexity index is 551. The second-order valence-electron chi connectivity index (χ2n) is 3.63. The number of nitrogens with one attached hydrogen (secondary N) is 1. The predicted octanol–water partition coefficient (Wildman–Crippen LogP) is 1.52. The van der Waals surface area contributed by atoms with E-state index < -0.39 is 18.3 Å². The van der Waals surface area contributed by atoms with Gasteiger partial charge in [-0.25, -0.2) is 4.68 Å². The van der Waals surface area contributed by atoms with E-state index in [0.29, 0.717) is 0 Å². The monoisotopic (exact) mass is 309 g/mol. The van der Waals surface area contributed by atoms with Crippen molar-refractivity contribution in [2.24, 2.45) is 0 Å². The number of rotatable bonds is 6. The highest BCUT2D eigenvalue weighted by atomic mass is 35.5. The number of alkyl halides is 3. The van der Waals surface area contributed by atoms with Crippen LogP contribution in [0.1, 0.15) is 0 Å². The van der Waals surface area contributed by atoms with Gasteiger partial charge in [0.25, 0.3) is 5.56 Å². The van der Waals surface area contributed by atoms with E-state index in [4.69, 9.17) is 18.0 Å². The summed E-state index contributed by atoms with van der Waals surface area (Å²) in [5, 5.41) is 6.37. The highest BCUT2D eigenvalue weighted by Crippen LogP contribution is 2.15. The van der Waals surface area contributed by atoms with Gasteiger partial charge in [0, 0.05) is 6.54 Å². The van der Waals surface area contributed by atoms with Crippen molar-refractivity contribution in [3.8, 4) is 12.3 Å². The summed E-state index contributed by atoms with van der Waals surface area (Å²) in [6.45, 7) is -1.62. The summed E-state index contributed by atoms with van der Waals surface area (Å²) in [4.78, 5) is 11.8. The maximum absolute atomic E-state index is 11.8. The number of terminal acetylenes is 1. The molecule has 0 spiro atoms. The molecule has 0 aromatic carbocycles. The molecule has 0 atom stereocenters. The number of nitrogens with zero attached hydrogens (tertiary/aromatic N) is 2. The summed E-state index contributed by atoms with van der Waals surface area (Å²) in [6.07, 6.45) is 1.91. The molecule has 0 amide bonds. The molecule has 1 rings (SSSR count). The first-order chi connectivity index (χ1) is 9.35. The zero-order valence-electron chi connectivity index (χ0n) is 10.2. The molecule has 0 unspecified atom stereocenters. The Kier molecular flexibility index (Phi) is 5.85. The van der Waals surface area contributed by atoms with Gasteiger partial charge in [0.05, 0.1) is 17.8 Å². The number of halogens is 4. The molecule has 0 radical (unpaired) electrons. The van der Waals surface area contributed by atoms with Crippen LogP contribution in [0.5, 0.6) is 0 Å². The average molecular weight is 310 g/mol. The minimum Gasteiger partial charge on any atom is -0.377 e. The van der Waals surface area contributed by atoms with Gasteiger partial charge in [-0.3, -0.25) is 4.79 Å². The van der Waals surface area contributed by atoms with E-state index in [2.05, 4.69) is 21.1 Å². The van der Waals surface area contributed by atoms with Crippen molar-refractivity contribution in [2.45, 2.75) is 12.7 Å². The molecule has 110 valence electrons. The van der Waals surface area contributed by atoms with Crippen LogP contribution in [-0.4, -0.2) is 35.7 Å². The van der Waals surface area contributed by atoms with E-state index in [1.165, 1.54) is 6.20 Å². The van der Waals surface area contributed by atoms with E-state index in [9.17, 15) is 18.0 Å². The minimum absolute atomic E-state index is 0.00882. The zero-order valence-corrected chi connectivity index (χ0v) is 11.0. The van der Waals surface area contributed by atoms with Crippen molar-refractivity contribution in [1.82, 2.24) is 9.78 Å². The minimum atomic E-state index is -4.38. The highest BCUT2D eigenvalue weighted by Gasteiger charge is 2.27. The summed E-state index contributed by atoms with van der Waals surface area (Å²) in [5.74, 6) is 2.24. The van der Waals surface area contributed by atoms with Crippen LogP contribution in [0, 0.1) is 12.3 Å². The first-order valence-corrected chi connectivity index (χ1v) is 5.80. The van der Waals surface area contributed by atoms with Crippen LogP contribution >= 0.6 is 11.6 Å². The van der Waals surface area contributed by atoms with Crippen LogP contribution in [0.3, 0.4) is 0 Å². The van der Waals surface area contributed by atoms with Crippen molar-refractivity contribution in [3.05, 3.63) is 21.6 Å². The maximum atomic E-state index is 11.8. The fourth-order valence-electron chi connectivity index (χ4n) is 1.26. The molecule has 5 nitrogen and oxygen atoms in total. The van der Waals surface area contributed by atoms with Gasteiger partial charge in [-0.2, -0.15) is 18.3 Å². The number of hydrogen-bond donors (Lipinski definition) is 1. The van der Waals surface area contributed by atoms with Gasteiger partial charge >= 0.3 is 6.18 Å². The summed E-state index contributed by atoms with van der Waals surface area (Å²) in [6, 6.07) is 0. The van der Waals surface area contributed by atoms with Crippen LogP contribution in [0.4, 0.5) is 18.9 Å². The molecular weight excluding hydrogens is 299 g/mol. The van der Waals surface area contributed by atoms with Crippen LogP contribution in [0.25, 0.3) is 0 Å². The average Bonchev–Trinajstić information content (AvgIpc) is 2.35. The summed E-state index contributed by atoms with van der Waals surface area (Å²) in [5.41, 5.74) is -0.529. The molecule has 1 N–H and O–H groups in total. The molecule has 20 heavy (non-hydrogen) atoms. The fraction of sp³-hybridized carbons (Fsp3) is 0.455. The van der Waals surface area contributed by atoms with Crippen molar-refractivity contribution in [1.29, 1.82) is 0 Å². The summed E-state index contributed by atoms with van der Waals surface area (Å²) in [7, 11) is 0. The molecule has 0 aliphatic rings. The van der Waals surface area contributed by atoms with Crippen LogP contribution in [0.15, 0.2) is 11.0 Å². The molecule has 0 saturated heterocycles. The second-order valence-corrected chi connectivity index (χ2v) is 4.04. The van der Waals surface area contributed by atoms with Crippen molar-refractivity contribution < 1.29 is 17.9 Å². The highest BCUT2D eigenvalue weighted by molar-refractivity contribution is 6.32. The lowest BCUT2D eigenvalue weighted by molar-refractivity contribution is -0.172. The SMILES string of the molecule is C#CCn1ncc(Cl)c(NCCOCC(F)(F)F)c1=O. The van der Waals surface area contributed by atoms with E-state index in [1.807, 2.05) is 0 Å². The molecule has 0 saturated carbocycles. The molecule has 1 aromatic heterocycles. The molecule has 0 fully saturated rings. The molecule has 9 heteroatoms. The Morgan fingerprint density at radius 3 is 2.85 bits per heavy atom. The van der Waals surface area contributed by atoms with Gasteiger partial charge in [-0.05, 0) is 0 Å². The standard InChI is InChI=1S/C11H11ClF3N3O2/c1-2-4-18-10(19)9(8(12)6-17-18)16-3-5-20-7-11(13,14)15/h1,6,16H,3-5,7H2. The molecule has 0 bridgehead atoms. The van der Waals surface area contributed by atoms with Crippen LogP contribution in [-0.2, 0) is 11.3 Å². The van der Waals surface area contributed by atoms with E-state index >= 15 is 0 Å². The molecular formula is C11H11ClF3N3O2. The van der Waals surface area contributed by atoms with E-state index in [1.54, 1.807) is 0 Å². The number of hydrogen-bond acceptors (Lipinski definition) is 4. The third kappa shape index (κ3) is 5.11. The maximum Gasteiger partial charge on any atom is 0.411 e. The largest absolute Gasteiger partial charge is 0.411 e. The first-order valence-electron chi connectivity index (χ1n) is 5.42. The van der Waals surface area contributed by atoms with Crippen molar-refractivity contribution in [3.63, 3.8) is 0 Å². The lowest BCUT2D eigenvalue weighted by atomic mass is 10.4. The second kappa shape index (κ2) is 7.17. The Balaban J connectivity index is 2.58. The van der Waals surface area contributed by atoms with E-state index in [0.717, 1.165) is 4.68 Å². The van der Waals surface area contributed by atoms with Gasteiger partial charge in [0.2, 0.25) is 0 Å². The third-order valence-corrected chi connectivity index (χ3v) is 2.34. The quantitative estimate of drug-likeness (QED) is 0.639. The predicted molar refractivity (Wildman–Crippen MR) is 67.7 cm³/mol. The first kappa shape index (κ1) is 16.3. The summed E-state index contributed by atoms with van der Waals surface area (Å²) < 4.78 is 40.9. The van der Waals surface area contributed by atoms with Gasteiger partial charge in [-0.15, -0.1) is 6.42 Å². The Morgan fingerprint density at radius 1 is 1.55 bits per heavy atom. The zero-order chi connectivity index (χ0) is 15.2. The molecule has 1 aromatic rings. The van der Waals surface area contributed by atoms with Gasteiger partial charge in [0.15, 0.2) is 0 Å². The Labute approximate surface area is 117 Å². The normalized spacial score (nSPS) is 11.2. The van der Waals surface area contributed by atoms with Crippen molar-refractivity contribution in [2.75, 3.05) is 25.1 Å². The lowest BCUT2D eigenvalue weighted by Gasteiger charge is -2.10. The number of ether oxygens (including phenoxy) is 1. The smallest absolute Gasteiger partial charge is 0.377 e. The van der Waals surface area contributed by atoms with Crippen LogP contribution in [0.2, 0.25) is 5.02 Å². The molecule has 0 aliphatic carbocycles. The van der Waals surface area contributed by atoms with Crippen LogP contribution < -0.4 is 10.9 Å². The Hall–Kier alpha value is -1.72. The molecule has 1 heterocycles. The van der Waals surface area contributed by atoms with Crippen molar-refractivity contribution >= 4 is 17.3 Å². The number of aromatic nitrogens is 2. The van der Waals surface area contributed by atoms with Gasteiger partial charge < -0.3 is 10.1 Å². The Morgan fingerprint density at radius 2 is 2.25 bits per heavy atom.